The molecule has 1 aliphatic heterocycles. The fraction of sp³-hybridized carbons (Fsp3) is 0.923. The number of aliphatic hydroxyl groups excluding tert-OH is 1. The fourth-order valence-corrected chi connectivity index (χ4v) is 2.34. The van der Waals surface area contributed by atoms with E-state index >= 15 is 0 Å². The van der Waals surface area contributed by atoms with Crippen LogP contribution in [0.1, 0.15) is 40.0 Å². The van der Waals surface area contributed by atoms with Gasteiger partial charge in [-0.2, -0.15) is 0 Å². The number of hydrogen-bond acceptors (Lipinski definition) is 3. The van der Waals surface area contributed by atoms with Crippen molar-refractivity contribution in [2.75, 3.05) is 20.1 Å². The molecule has 0 spiro atoms. The Morgan fingerprint density at radius 2 is 2.24 bits per heavy atom. The first kappa shape index (κ1) is 14.5. The highest BCUT2D eigenvalue weighted by Gasteiger charge is 2.38. The molecule has 1 fully saturated rings. The zero-order chi connectivity index (χ0) is 13.1. The van der Waals surface area contributed by atoms with Gasteiger partial charge in [0.2, 0.25) is 5.91 Å². The highest BCUT2D eigenvalue weighted by molar-refractivity contribution is 5.82. The van der Waals surface area contributed by atoms with Gasteiger partial charge < -0.3 is 15.3 Å². The Balaban J connectivity index is 2.55. The van der Waals surface area contributed by atoms with E-state index in [2.05, 4.69) is 19.2 Å². The zero-order valence-corrected chi connectivity index (χ0v) is 11.5. The second kappa shape index (κ2) is 5.83. The highest BCUT2D eigenvalue weighted by atomic mass is 16.3. The van der Waals surface area contributed by atoms with Crippen molar-refractivity contribution in [3.63, 3.8) is 0 Å². The van der Waals surface area contributed by atoms with Gasteiger partial charge in [0, 0.05) is 13.6 Å². The van der Waals surface area contributed by atoms with E-state index in [1.807, 2.05) is 7.05 Å². The van der Waals surface area contributed by atoms with Crippen molar-refractivity contribution in [2.45, 2.75) is 52.2 Å². The van der Waals surface area contributed by atoms with E-state index in [1.165, 1.54) is 0 Å². The molecule has 0 aliphatic carbocycles. The van der Waals surface area contributed by atoms with Gasteiger partial charge >= 0.3 is 0 Å². The van der Waals surface area contributed by atoms with Crippen molar-refractivity contribution in [3.05, 3.63) is 0 Å². The summed E-state index contributed by atoms with van der Waals surface area (Å²) in [5.74, 6) is 0.148. The van der Waals surface area contributed by atoms with Crippen LogP contribution in [0.4, 0.5) is 0 Å². The number of rotatable bonds is 4. The summed E-state index contributed by atoms with van der Waals surface area (Å²) >= 11 is 0. The molecule has 0 aromatic rings. The first-order valence-corrected chi connectivity index (χ1v) is 6.51. The third kappa shape index (κ3) is 3.96. The smallest absolute Gasteiger partial charge is 0.240 e. The van der Waals surface area contributed by atoms with Crippen LogP contribution >= 0.6 is 0 Å². The van der Waals surface area contributed by atoms with Gasteiger partial charge in [-0.25, -0.2) is 0 Å². The van der Waals surface area contributed by atoms with Gasteiger partial charge in [-0.1, -0.05) is 13.8 Å². The van der Waals surface area contributed by atoms with Crippen LogP contribution in [-0.2, 0) is 4.79 Å². The second-order valence-electron chi connectivity index (χ2n) is 5.88. The van der Waals surface area contributed by atoms with Crippen molar-refractivity contribution in [1.82, 2.24) is 10.2 Å². The minimum absolute atomic E-state index is 0.0222. The topological polar surface area (TPSA) is 52.6 Å². The maximum atomic E-state index is 12.3. The Hall–Kier alpha value is -0.610. The van der Waals surface area contributed by atoms with Crippen LogP contribution in [0.15, 0.2) is 0 Å². The first-order chi connectivity index (χ1) is 7.84. The van der Waals surface area contributed by atoms with Crippen LogP contribution in [0.2, 0.25) is 0 Å². The maximum Gasteiger partial charge on any atom is 0.240 e. The van der Waals surface area contributed by atoms with E-state index in [4.69, 9.17) is 0 Å². The van der Waals surface area contributed by atoms with Crippen molar-refractivity contribution in [3.8, 4) is 0 Å². The molecule has 1 aliphatic rings. The highest BCUT2D eigenvalue weighted by Crippen LogP contribution is 2.30. The van der Waals surface area contributed by atoms with Gasteiger partial charge in [0.25, 0.3) is 0 Å². The predicted octanol–water partition coefficient (Wildman–Crippen LogP) is 0.994. The lowest BCUT2D eigenvalue weighted by Gasteiger charge is -2.40. The Morgan fingerprint density at radius 1 is 1.59 bits per heavy atom. The number of aliphatic hydroxyl groups is 1. The van der Waals surface area contributed by atoms with Crippen molar-refractivity contribution < 1.29 is 9.90 Å². The van der Waals surface area contributed by atoms with E-state index in [1.54, 1.807) is 11.8 Å². The summed E-state index contributed by atoms with van der Waals surface area (Å²) < 4.78 is 0. The molecular weight excluding hydrogens is 216 g/mol. The van der Waals surface area contributed by atoms with Crippen LogP contribution in [-0.4, -0.2) is 48.2 Å². The van der Waals surface area contributed by atoms with Gasteiger partial charge in [0.15, 0.2) is 0 Å². The minimum atomic E-state index is -0.349. The van der Waals surface area contributed by atoms with Gasteiger partial charge in [-0.15, -0.1) is 0 Å². The van der Waals surface area contributed by atoms with Crippen molar-refractivity contribution >= 4 is 5.91 Å². The van der Waals surface area contributed by atoms with Gasteiger partial charge in [-0.3, -0.25) is 4.79 Å². The average molecular weight is 242 g/mol. The lowest BCUT2D eigenvalue weighted by molar-refractivity contribution is -0.136. The molecule has 0 radical (unpaired) electrons. The van der Waals surface area contributed by atoms with Crippen LogP contribution in [0.5, 0.6) is 0 Å². The average Bonchev–Trinajstić information content (AvgIpc) is 2.24. The minimum Gasteiger partial charge on any atom is -0.393 e. The molecule has 1 rings (SSSR count). The zero-order valence-electron chi connectivity index (χ0n) is 11.5. The molecule has 2 unspecified atom stereocenters. The van der Waals surface area contributed by atoms with Crippen LogP contribution in [0.25, 0.3) is 0 Å². The molecule has 1 heterocycles. The van der Waals surface area contributed by atoms with E-state index in [-0.39, 0.29) is 23.5 Å². The number of carbonyl (C=O) groups is 1. The number of carbonyl (C=O) groups excluding carboxylic acids is 1. The maximum absolute atomic E-state index is 12.3. The predicted molar refractivity (Wildman–Crippen MR) is 68.7 cm³/mol. The van der Waals surface area contributed by atoms with Crippen LogP contribution in [0.3, 0.4) is 0 Å². The number of likely N-dealkylation sites (N-methyl/N-ethyl adjacent to an activating group) is 1. The summed E-state index contributed by atoms with van der Waals surface area (Å²) in [6.07, 6.45) is 2.50. The second-order valence-corrected chi connectivity index (χ2v) is 5.88. The molecule has 1 saturated heterocycles. The lowest BCUT2D eigenvalue weighted by atomic mass is 9.77. The number of nitrogens with zero attached hydrogens (tertiary/aromatic N) is 1. The Morgan fingerprint density at radius 3 is 2.76 bits per heavy atom. The standard InChI is InChI=1S/C13H26N2O2/c1-10(16)6-9-15(4)12(17)11-13(2,3)7-5-8-14-11/h10-11,14,16H,5-9H2,1-4H3. The quantitative estimate of drug-likeness (QED) is 0.773. The van der Waals surface area contributed by atoms with E-state index < -0.39 is 0 Å². The third-order valence-corrected chi connectivity index (χ3v) is 3.63. The normalized spacial score (nSPS) is 25.4. The SMILES string of the molecule is CC(O)CCN(C)C(=O)C1NCCCC1(C)C. The van der Waals surface area contributed by atoms with Gasteiger partial charge in [0.1, 0.15) is 0 Å². The van der Waals surface area contributed by atoms with Crippen LogP contribution in [0, 0.1) is 5.41 Å². The molecule has 2 atom stereocenters. The molecule has 2 N–H and O–H groups in total. The van der Waals surface area contributed by atoms with E-state index in [9.17, 15) is 9.90 Å². The summed E-state index contributed by atoms with van der Waals surface area (Å²) in [4.78, 5) is 14.0. The molecule has 4 nitrogen and oxygen atoms in total. The first-order valence-electron chi connectivity index (χ1n) is 6.51. The largest absolute Gasteiger partial charge is 0.393 e. The van der Waals surface area contributed by atoms with E-state index in [0.717, 1.165) is 19.4 Å². The van der Waals surface area contributed by atoms with E-state index in [0.29, 0.717) is 13.0 Å². The summed E-state index contributed by atoms with van der Waals surface area (Å²) in [5, 5.41) is 12.6. The molecule has 0 saturated carbocycles. The van der Waals surface area contributed by atoms with Gasteiger partial charge in [-0.05, 0) is 38.1 Å². The molecule has 100 valence electrons. The van der Waals surface area contributed by atoms with Crippen LogP contribution < -0.4 is 5.32 Å². The monoisotopic (exact) mass is 242 g/mol. The molecular formula is C13H26N2O2. The number of nitrogens with one attached hydrogen (secondary N) is 1. The molecule has 17 heavy (non-hydrogen) atoms. The summed E-state index contributed by atoms with van der Waals surface area (Å²) in [6.45, 7) is 7.57. The summed E-state index contributed by atoms with van der Waals surface area (Å²) in [6, 6.07) is -0.0877. The van der Waals surface area contributed by atoms with Crippen molar-refractivity contribution in [1.29, 1.82) is 0 Å². The van der Waals surface area contributed by atoms with Crippen molar-refractivity contribution in [2.24, 2.45) is 5.41 Å². The Labute approximate surface area is 104 Å². The Kier molecular flexibility index (Phi) is 4.95. The number of piperidine rings is 1. The third-order valence-electron chi connectivity index (χ3n) is 3.63. The number of amides is 1. The summed E-state index contributed by atoms with van der Waals surface area (Å²) in [7, 11) is 1.82. The molecule has 4 heteroatoms. The fourth-order valence-electron chi connectivity index (χ4n) is 2.34. The molecule has 0 aromatic carbocycles. The van der Waals surface area contributed by atoms with Gasteiger partial charge in [0.05, 0.1) is 12.1 Å². The lowest BCUT2D eigenvalue weighted by Crippen LogP contribution is -2.56. The molecule has 0 aromatic heterocycles. The molecule has 1 amide bonds. The Bertz CT molecular complexity index is 264. The summed E-state index contributed by atoms with van der Waals surface area (Å²) in [5.41, 5.74) is 0.0222. The molecule has 0 bridgehead atoms. The number of hydrogen-bond donors (Lipinski definition) is 2.